The first kappa shape index (κ1) is 16.7. The molecule has 2 aromatic rings. The minimum absolute atomic E-state index is 0.158. The van der Waals surface area contributed by atoms with E-state index in [1.165, 1.54) is 30.4 Å². The smallest absolute Gasteiger partial charge is 0.291 e. The van der Waals surface area contributed by atoms with E-state index in [1.807, 2.05) is 0 Å². The molecule has 0 spiro atoms. The van der Waals surface area contributed by atoms with E-state index in [2.05, 4.69) is 16.0 Å². The summed E-state index contributed by atoms with van der Waals surface area (Å²) in [4.78, 5) is 24.4. The Hall–Kier alpha value is -2.12. The minimum Gasteiger partial charge on any atom is -0.459 e. The van der Waals surface area contributed by atoms with Crippen LogP contribution in [0.1, 0.15) is 40.2 Å². The zero-order chi connectivity index (χ0) is 16.8. The Morgan fingerprint density at radius 2 is 2.25 bits per heavy atom. The number of rotatable bonds is 6. The summed E-state index contributed by atoms with van der Waals surface area (Å²) in [6.07, 6.45) is 4.83. The fourth-order valence-corrected chi connectivity index (χ4v) is 3.59. The van der Waals surface area contributed by atoms with E-state index < -0.39 is 0 Å². The van der Waals surface area contributed by atoms with E-state index in [1.54, 1.807) is 23.6 Å². The number of hydrogen-bond donors (Lipinski definition) is 3. The molecular formula is C17H21N3O3S. The second kappa shape index (κ2) is 8.12. The summed E-state index contributed by atoms with van der Waals surface area (Å²) < 4.78 is 5.06. The molecule has 1 atom stereocenters. The topological polar surface area (TPSA) is 83.4 Å². The van der Waals surface area contributed by atoms with Gasteiger partial charge in [-0.3, -0.25) is 9.59 Å². The Bertz CT molecular complexity index is 675. The standard InChI is InChI=1S/C17H21N3O3S/c21-15(19-8-5-12-3-1-7-18-11-12)13-6-10-24-17(13)20-16(22)14-4-2-9-23-14/h2,4,6,9-10,12,18H,1,3,5,7-8,11H2,(H,19,21)(H,20,22). The van der Waals surface area contributed by atoms with Gasteiger partial charge in [-0.2, -0.15) is 0 Å². The van der Waals surface area contributed by atoms with Crippen LogP contribution >= 0.6 is 11.3 Å². The van der Waals surface area contributed by atoms with Gasteiger partial charge in [0.25, 0.3) is 11.8 Å². The predicted octanol–water partition coefficient (Wildman–Crippen LogP) is 2.71. The highest BCUT2D eigenvalue weighted by atomic mass is 32.1. The monoisotopic (exact) mass is 347 g/mol. The van der Waals surface area contributed by atoms with Crippen molar-refractivity contribution >= 4 is 28.2 Å². The van der Waals surface area contributed by atoms with Gasteiger partial charge in [0.05, 0.1) is 11.8 Å². The van der Waals surface area contributed by atoms with Crippen molar-refractivity contribution < 1.29 is 14.0 Å². The van der Waals surface area contributed by atoms with Crippen LogP contribution in [0.5, 0.6) is 0 Å². The number of amides is 2. The summed E-state index contributed by atoms with van der Waals surface area (Å²) in [7, 11) is 0. The maximum absolute atomic E-state index is 12.3. The Kier molecular flexibility index (Phi) is 5.66. The molecule has 3 rings (SSSR count). The Morgan fingerprint density at radius 1 is 1.33 bits per heavy atom. The van der Waals surface area contributed by atoms with Crippen molar-refractivity contribution in [3.05, 3.63) is 41.2 Å². The lowest BCUT2D eigenvalue weighted by molar-refractivity contribution is 0.0952. The summed E-state index contributed by atoms with van der Waals surface area (Å²) in [5, 5.41) is 11.4. The number of thiophene rings is 1. The van der Waals surface area contributed by atoms with Gasteiger partial charge < -0.3 is 20.4 Å². The van der Waals surface area contributed by atoms with E-state index in [9.17, 15) is 9.59 Å². The summed E-state index contributed by atoms with van der Waals surface area (Å²) in [5.41, 5.74) is 0.488. The number of anilines is 1. The zero-order valence-corrected chi connectivity index (χ0v) is 14.2. The summed E-state index contributed by atoms with van der Waals surface area (Å²) in [6.45, 7) is 2.77. The van der Waals surface area contributed by atoms with Crippen LogP contribution in [0.4, 0.5) is 5.00 Å². The molecule has 1 unspecified atom stereocenters. The van der Waals surface area contributed by atoms with E-state index in [0.717, 1.165) is 19.5 Å². The average molecular weight is 347 g/mol. The van der Waals surface area contributed by atoms with E-state index in [4.69, 9.17) is 4.42 Å². The number of piperidine rings is 1. The van der Waals surface area contributed by atoms with Crippen LogP contribution in [0.2, 0.25) is 0 Å². The molecule has 0 radical (unpaired) electrons. The Morgan fingerprint density at radius 3 is 3.00 bits per heavy atom. The van der Waals surface area contributed by atoms with Crippen molar-refractivity contribution in [2.45, 2.75) is 19.3 Å². The quantitative estimate of drug-likeness (QED) is 0.750. The largest absolute Gasteiger partial charge is 0.459 e. The van der Waals surface area contributed by atoms with Crippen LogP contribution in [0.25, 0.3) is 0 Å². The molecule has 2 amide bonds. The lowest BCUT2D eigenvalue weighted by Crippen LogP contribution is -2.33. The molecule has 7 heteroatoms. The lowest BCUT2D eigenvalue weighted by atomic mass is 9.96. The van der Waals surface area contributed by atoms with Crippen LogP contribution < -0.4 is 16.0 Å². The van der Waals surface area contributed by atoms with E-state index in [0.29, 0.717) is 23.0 Å². The van der Waals surface area contributed by atoms with Crippen LogP contribution in [0, 0.1) is 5.92 Å². The summed E-state index contributed by atoms with van der Waals surface area (Å²) in [5.74, 6) is 0.332. The highest BCUT2D eigenvalue weighted by Crippen LogP contribution is 2.24. The van der Waals surface area contributed by atoms with Gasteiger partial charge in [-0.25, -0.2) is 0 Å². The second-order valence-electron chi connectivity index (χ2n) is 5.85. The molecule has 2 aromatic heterocycles. The van der Waals surface area contributed by atoms with Gasteiger partial charge in [0, 0.05) is 6.54 Å². The normalized spacial score (nSPS) is 17.4. The Balaban J connectivity index is 1.52. The summed E-state index contributed by atoms with van der Waals surface area (Å²) >= 11 is 1.32. The molecular weight excluding hydrogens is 326 g/mol. The van der Waals surface area contributed by atoms with Crippen molar-refractivity contribution in [2.75, 3.05) is 25.0 Å². The zero-order valence-electron chi connectivity index (χ0n) is 13.3. The van der Waals surface area contributed by atoms with Gasteiger partial charge in [-0.15, -0.1) is 11.3 Å². The Labute approximate surface area is 144 Å². The second-order valence-corrected chi connectivity index (χ2v) is 6.77. The molecule has 1 saturated heterocycles. The molecule has 0 aromatic carbocycles. The predicted molar refractivity (Wildman–Crippen MR) is 93.5 cm³/mol. The third-order valence-corrected chi connectivity index (χ3v) is 4.95. The van der Waals surface area contributed by atoms with Gasteiger partial charge in [-0.05, 0) is 61.8 Å². The maximum atomic E-state index is 12.3. The number of carbonyl (C=O) groups is 2. The number of nitrogens with one attached hydrogen (secondary N) is 3. The van der Waals surface area contributed by atoms with Crippen LogP contribution in [0.15, 0.2) is 34.3 Å². The first-order valence-corrected chi connectivity index (χ1v) is 9.03. The SMILES string of the molecule is O=C(Nc1sccc1C(=O)NCCC1CCCNC1)c1ccco1. The highest BCUT2D eigenvalue weighted by molar-refractivity contribution is 7.14. The van der Waals surface area contributed by atoms with Gasteiger partial charge in [-0.1, -0.05) is 0 Å². The lowest BCUT2D eigenvalue weighted by Gasteiger charge is -2.22. The van der Waals surface area contributed by atoms with Gasteiger partial charge in [0.15, 0.2) is 5.76 Å². The molecule has 6 nitrogen and oxygen atoms in total. The fourth-order valence-electron chi connectivity index (χ4n) is 2.81. The molecule has 24 heavy (non-hydrogen) atoms. The molecule has 3 N–H and O–H groups in total. The minimum atomic E-state index is -0.357. The molecule has 0 bridgehead atoms. The molecule has 128 valence electrons. The molecule has 0 aliphatic carbocycles. The van der Waals surface area contributed by atoms with Crippen LogP contribution in [-0.4, -0.2) is 31.4 Å². The highest BCUT2D eigenvalue weighted by Gasteiger charge is 2.18. The molecule has 1 fully saturated rings. The molecule has 3 heterocycles. The fraction of sp³-hybridized carbons (Fsp3) is 0.412. The number of carbonyl (C=O) groups excluding carboxylic acids is 2. The molecule has 1 aliphatic rings. The van der Waals surface area contributed by atoms with Crippen LogP contribution in [-0.2, 0) is 0 Å². The van der Waals surface area contributed by atoms with Crippen molar-refractivity contribution in [1.29, 1.82) is 0 Å². The van der Waals surface area contributed by atoms with Crippen molar-refractivity contribution in [3.63, 3.8) is 0 Å². The number of hydrogen-bond acceptors (Lipinski definition) is 5. The van der Waals surface area contributed by atoms with E-state index >= 15 is 0 Å². The maximum Gasteiger partial charge on any atom is 0.291 e. The third-order valence-electron chi connectivity index (χ3n) is 4.12. The molecule has 1 aliphatic heterocycles. The van der Waals surface area contributed by atoms with Crippen LogP contribution in [0.3, 0.4) is 0 Å². The van der Waals surface area contributed by atoms with Crippen molar-refractivity contribution in [1.82, 2.24) is 10.6 Å². The van der Waals surface area contributed by atoms with Crippen molar-refractivity contribution in [2.24, 2.45) is 5.92 Å². The summed E-state index contributed by atoms with van der Waals surface area (Å²) in [6, 6.07) is 4.96. The number of furan rings is 1. The van der Waals surface area contributed by atoms with E-state index in [-0.39, 0.29) is 17.6 Å². The van der Waals surface area contributed by atoms with Gasteiger partial charge in [0.1, 0.15) is 5.00 Å². The first-order chi connectivity index (χ1) is 11.7. The van der Waals surface area contributed by atoms with Crippen molar-refractivity contribution in [3.8, 4) is 0 Å². The average Bonchev–Trinajstić information content (AvgIpc) is 3.27. The van der Waals surface area contributed by atoms with Gasteiger partial charge >= 0.3 is 0 Å². The van der Waals surface area contributed by atoms with Gasteiger partial charge in [0.2, 0.25) is 0 Å². The molecule has 0 saturated carbocycles. The first-order valence-electron chi connectivity index (χ1n) is 8.15. The third kappa shape index (κ3) is 4.24.